The van der Waals surface area contributed by atoms with E-state index in [4.69, 9.17) is 4.74 Å². The van der Waals surface area contributed by atoms with Gasteiger partial charge in [0.1, 0.15) is 17.0 Å². The van der Waals surface area contributed by atoms with Gasteiger partial charge in [0.2, 0.25) is 0 Å². The zero-order chi connectivity index (χ0) is 31.3. The first kappa shape index (κ1) is 32.0. The highest BCUT2D eigenvalue weighted by Crippen LogP contribution is 2.74. The maximum absolute atomic E-state index is 14.4. The van der Waals surface area contributed by atoms with Gasteiger partial charge in [0.05, 0.1) is 24.4 Å². The average molecular weight is 577 g/mol. The summed E-state index contributed by atoms with van der Waals surface area (Å²) in [6.07, 6.45) is 0.212. The van der Waals surface area contributed by atoms with Gasteiger partial charge in [-0.1, -0.05) is 46.3 Å². The first-order valence-electron chi connectivity index (χ1n) is 14.6. The second kappa shape index (κ2) is 9.55. The predicted molar refractivity (Wildman–Crippen MR) is 150 cm³/mol. The van der Waals surface area contributed by atoms with Gasteiger partial charge in [-0.3, -0.25) is 14.4 Å². The molecule has 5 N–H and O–H groups in total. The molecular weight excluding hydrogens is 528 g/mol. The minimum atomic E-state index is -2.07. The highest BCUT2D eigenvalue weighted by Gasteiger charge is 2.76. The molecular formula is C32H48O9. The fraction of sp³-hybridized carbons (Fsp3) is 0.781. The van der Waals surface area contributed by atoms with Crippen LogP contribution in [0.5, 0.6) is 0 Å². The summed E-state index contributed by atoms with van der Waals surface area (Å²) in [5.41, 5.74) is -6.34. The van der Waals surface area contributed by atoms with Crippen LogP contribution in [0.2, 0.25) is 0 Å². The number of carbonyl (C=O) groups excluding carboxylic acids is 3. The molecule has 9 nitrogen and oxygen atoms in total. The van der Waals surface area contributed by atoms with E-state index in [1.807, 2.05) is 34.6 Å². The minimum absolute atomic E-state index is 0.0418. The molecule has 0 aromatic carbocycles. The monoisotopic (exact) mass is 576 g/mol. The fourth-order valence-electron chi connectivity index (χ4n) is 9.64. The molecule has 0 bridgehead atoms. The molecule has 11 unspecified atom stereocenters. The highest BCUT2D eigenvalue weighted by molar-refractivity contribution is 5.97. The van der Waals surface area contributed by atoms with Crippen molar-refractivity contribution in [1.82, 2.24) is 0 Å². The Kier molecular flexibility index (Phi) is 7.45. The molecule has 3 fully saturated rings. The third-order valence-electron chi connectivity index (χ3n) is 11.7. The topological polar surface area (TPSA) is 162 Å². The maximum atomic E-state index is 14.4. The van der Waals surface area contributed by atoms with Crippen LogP contribution in [0.3, 0.4) is 0 Å². The lowest BCUT2D eigenvalue weighted by atomic mass is 9.38. The van der Waals surface area contributed by atoms with E-state index in [0.717, 1.165) is 11.6 Å². The quantitative estimate of drug-likeness (QED) is 0.188. The van der Waals surface area contributed by atoms with Gasteiger partial charge in [0.25, 0.3) is 0 Å². The van der Waals surface area contributed by atoms with E-state index in [1.165, 1.54) is 19.9 Å². The van der Waals surface area contributed by atoms with Crippen molar-refractivity contribution in [1.29, 1.82) is 0 Å². The van der Waals surface area contributed by atoms with E-state index in [-0.39, 0.29) is 25.0 Å². The van der Waals surface area contributed by atoms with Crippen LogP contribution in [0.15, 0.2) is 23.8 Å². The van der Waals surface area contributed by atoms with Crippen molar-refractivity contribution in [2.45, 2.75) is 117 Å². The molecule has 0 aliphatic heterocycles. The largest absolute Gasteiger partial charge is 0.456 e. The summed E-state index contributed by atoms with van der Waals surface area (Å²) in [6, 6.07) is 0. The van der Waals surface area contributed by atoms with Gasteiger partial charge in [-0.15, -0.1) is 0 Å². The molecule has 41 heavy (non-hydrogen) atoms. The third kappa shape index (κ3) is 4.41. The first-order valence-corrected chi connectivity index (χ1v) is 14.6. The van der Waals surface area contributed by atoms with Crippen molar-refractivity contribution in [3.8, 4) is 0 Å². The highest BCUT2D eigenvalue weighted by atomic mass is 16.6. The van der Waals surface area contributed by atoms with E-state index in [0.29, 0.717) is 0 Å². The molecule has 0 aromatic heterocycles. The Morgan fingerprint density at radius 2 is 1.59 bits per heavy atom. The molecule has 4 rings (SSSR count). The number of hydrogen-bond donors (Lipinski definition) is 5. The molecule has 3 saturated carbocycles. The summed E-state index contributed by atoms with van der Waals surface area (Å²) in [7, 11) is 0. The molecule has 0 aromatic rings. The van der Waals surface area contributed by atoms with E-state index >= 15 is 0 Å². The van der Waals surface area contributed by atoms with Gasteiger partial charge in [0, 0.05) is 36.0 Å². The smallest absolute Gasteiger partial charge is 0.303 e. The Labute approximate surface area is 242 Å². The lowest BCUT2D eigenvalue weighted by molar-refractivity contribution is -0.199. The first-order chi connectivity index (χ1) is 18.5. The molecule has 4 aliphatic rings. The Balaban J connectivity index is 1.78. The number of ether oxygens (including phenoxy) is 1. The second-order valence-electron chi connectivity index (χ2n) is 15.1. The number of fused-ring (bicyclic) bond motifs is 5. The number of aliphatic hydroxyl groups excluding tert-OH is 4. The number of esters is 1. The molecule has 0 saturated heterocycles. The van der Waals surface area contributed by atoms with Crippen molar-refractivity contribution >= 4 is 17.5 Å². The number of aliphatic hydroxyl groups is 5. The van der Waals surface area contributed by atoms with Crippen LogP contribution < -0.4 is 0 Å². The number of hydrogen-bond acceptors (Lipinski definition) is 9. The van der Waals surface area contributed by atoms with Crippen LogP contribution in [0.25, 0.3) is 0 Å². The van der Waals surface area contributed by atoms with Crippen molar-refractivity contribution < 1.29 is 44.7 Å². The number of rotatable bonds is 5. The normalized spacial score (nSPS) is 45.3. The lowest BCUT2D eigenvalue weighted by Gasteiger charge is -2.66. The minimum Gasteiger partial charge on any atom is -0.456 e. The van der Waals surface area contributed by atoms with Crippen LogP contribution in [-0.4, -0.2) is 78.7 Å². The maximum Gasteiger partial charge on any atom is 0.303 e. The van der Waals surface area contributed by atoms with E-state index in [9.17, 15) is 39.9 Å². The summed E-state index contributed by atoms with van der Waals surface area (Å²) in [5.74, 6) is -3.50. The molecule has 11 atom stereocenters. The Morgan fingerprint density at radius 3 is 2.15 bits per heavy atom. The summed E-state index contributed by atoms with van der Waals surface area (Å²) in [6.45, 7) is 15.0. The van der Waals surface area contributed by atoms with E-state index < -0.39 is 86.8 Å². The fourth-order valence-corrected chi connectivity index (χ4v) is 9.64. The number of carbonyl (C=O) groups is 3. The van der Waals surface area contributed by atoms with Gasteiger partial charge in [-0.05, 0) is 62.5 Å². The molecule has 0 amide bonds. The Morgan fingerprint density at radius 1 is 1.00 bits per heavy atom. The number of ketones is 2. The zero-order valence-electron chi connectivity index (χ0n) is 25.8. The molecule has 0 spiro atoms. The molecule has 0 heterocycles. The van der Waals surface area contributed by atoms with E-state index in [2.05, 4.69) is 0 Å². The summed E-state index contributed by atoms with van der Waals surface area (Å²) < 4.78 is 5.22. The molecule has 9 heteroatoms. The molecule has 230 valence electrons. The standard InChI is InChI=1S/C32H48O9/c1-16(33)41-27(2,3)11-10-22(37)32(9,40)25-21(36)14-29(6)24-19(34)12-17-18(13-20(35)26(39)28(17,4)5)31(24,8)23(38)15-30(25,29)7/h10-12,18-21,24-26,34-36,39-40H,13-15H2,1-9H3. The summed E-state index contributed by atoms with van der Waals surface area (Å²) in [5, 5.41) is 56.6. The van der Waals surface area contributed by atoms with Crippen LogP contribution in [0, 0.1) is 39.4 Å². The molecule has 0 radical (unpaired) electrons. The lowest BCUT2D eigenvalue weighted by Crippen LogP contribution is -2.68. The average Bonchev–Trinajstić information content (AvgIpc) is 3.01. The predicted octanol–water partition coefficient (Wildman–Crippen LogP) is 2.26. The zero-order valence-corrected chi connectivity index (χ0v) is 25.8. The van der Waals surface area contributed by atoms with Gasteiger partial charge in [0.15, 0.2) is 5.78 Å². The van der Waals surface area contributed by atoms with Gasteiger partial charge < -0.3 is 30.3 Å². The van der Waals surface area contributed by atoms with Crippen molar-refractivity contribution in [3.05, 3.63) is 23.8 Å². The SMILES string of the molecule is CC(=O)OC(C)(C)C=CC(=O)C(C)(O)C1C(O)CC2(C)C3C(O)C=C4C(CC(O)C(O)C4(C)C)C3(C)C(=O)CC12C. The Bertz CT molecular complexity index is 1200. The second-order valence-corrected chi connectivity index (χ2v) is 15.1. The van der Waals surface area contributed by atoms with Crippen molar-refractivity contribution in [2.24, 2.45) is 39.4 Å². The van der Waals surface area contributed by atoms with Crippen LogP contribution >= 0.6 is 0 Å². The van der Waals surface area contributed by atoms with Gasteiger partial charge in [-0.2, -0.15) is 0 Å². The van der Waals surface area contributed by atoms with Gasteiger partial charge in [-0.25, -0.2) is 0 Å². The van der Waals surface area contributed by atoms with Crippen molar-refractivity contribution in [3.63, 3.8) is 0 Å². The molecule has 4 aliphatic carbocycles. The third-order valence-corrected chi connectivity index (χ3v) is 11.7. The summed E-state index contributed by atoms with van der Waals surface area (Å²) in [4.78, 5) is 39.3. The summed E-state index contributed by atoms with van der Waals surface area (Å²) >= 11 is 0. The van der Waals surface area contributed by atoms with Crippen molar-refractivity contribution in [2.75, 3.05) is 0 Å². The Hall–Kier alpha value is -1.91. The number of Topliss-reactive ketones (excluding diaryl/α,β-unsaturated/α-hetero) is 1. The van der Waals surface area contributed by atoms with Crippen LogP contribution in [-0.2, 0) is 19.1 Å². The van der Waals surface area contributed by atoms with Gasteiger partial charge >= 0.3 is 5.97 Å². The van der Waals surface area contributed by atoms with Crippen LogP contribution in [0.1, 0.15) is 81.6 Å². The van der Waals surface area contributed by atoms with Crippen LogP contribution in [0.4, 0.5) is 0 Å². The van der Waals surface area contributed by atoms with E-state index in [1.54, 1.807) is 19.9 Å².